The van der Waals surface area contributed by atoms with Crippen LogP contribution in [-0.2, 0) is 4.74 Å². The van der Waals surface area contributed by atoms with Gasteiger partial charge in [-0.2, -0.15) is 0 Å². The van der Waals surface area contributed by atoms with Crippen LogP contribution in [0.4, 0.5) is 0 Å². The second-order valence-electron chi connectivity index (χ2n) is 7.65. The molecule has 2 fully saturated rings. The quantitative estimate of drug-likeness (QED) is 0.780. The molecule has 3 unspecified atom stereocenters. The topological polar surface area (TPSA) is 41.7 Å². The van der Waals surface area contributed by atoms with Gasteiger partial charge in [0, 0.05) is 36.7 Å². The van der Waals surface area contributed by atoms with Crippen LogP contribution in [0.5, 0.6) is 0 Å². The summed E-state index contributed by atoms with van der Waals surface area (Å²) in [5, 5.41) is 0. The highest BCUT2D eigenvalue weighted by atomic mass is 16.5. The van der Waals surface area contributed by atoms with E-state index in [1.807, 2.05) is 0 Å². The zero-order valence-corrected chi connectivity index (χ0v) is 14.7. The van der Waals surface area contributed by atoms with Gasteiger partial charge >= 0.3 is 0 Å². The molecule has 1 aliphatic carbocycles. The van der Waals surface area contributed by atoms with E-state index in [1.54, 1.807) is 0 Å². The maximum absolute atomic E-state index is 6.71. The summed E-state index contributed by atoms with van der Waals surface area (Å²) in [5.74, 6) is 0. The van der Waals surface area contributed by atoms with Crippen molar-refractivity contribution in [2.45, 2.75) is 64.6 Å². The molecule has 21 heavy (non-hydrogen) atoms. The number of hydrogen-bond donors (Lipinski definition) is 1. The Kier molecular flexibility index (Phi) is 5.35. The van der Waals surface area contributed by atoms with Crippen LogP contribution in [0.2, 0.25) is 0 Å². The molecule has 4 heteroatoms. The molecule has 0 radical (unpaired) electrons. The Balaban J connectivity index is 1.86. The van der Waals surface area contributed by atoms with Crippen molar-refractivity contribution in [2.75, 3.05) is 39.8 Å². The first kappa shape index (κ1) is 17.2. The molecular formula is C17H35N3O. The van der Waals surface area contributed by atoms with Gasteiger partial charge in [-0.05, 0) is 46.3 Å². The molecule has 0 spiro atoms. The fourth-order valence-electron chi connectivity index (χ4n) is 4.20. The lowest BCUT2D eigenvalue weighted by atomic mass is 9.54. The van der Waals surface area contributed by atoms with Crippen LogP contribution in [0.1, 0.15) is 47.0 Å². The van der Waals surface area contributed by atoms with Gasteiger partial charge in [-0.1, -0.05) is 20.8 Å². The zero-order valence-electron chi connectivity index (χ0n) is 14.7. The molecule has 1 saturated carbocycles. The molecule has 124 valence electrons. The Morgan fingerprint density at radius 3 is 2.62 bits per heavy atom. The summed E-state index contributed by atoms with van der Waals surface area (Å²) in [7, 11) is 2.23. The maximum Gasteiger partial charge on any atom is 0.0662 e. The third kappa shape index (κ3) is 3.29. The summed E-state index contributed by atoms with van der Waals surface area (Å²) in [4.78, 5) is 5.05. The third-order valence-corrected chi connectivity index (χ3v) is 5.99. The zero-order chi connectivity index (χ0) is 15.7. The first-order valence-corrected chi connectivity index (χ1v) is 8.67. The molecule has 2 rings (SSSR count). The average Bonchev–Trinajstić information content (AvgIpc) is 2.85. The lowest BCUT2D eigenvalue weighted by molar-refractivity contribution is -0.155. The summed E-state index contributed by atoms with van der Waals surface area (Å²) in [5.41, 5.74) is 6.66. The van der Waals surface area contributed by atoms with Crippen molar-refractivity contribution in [3.8, 4) is 0 Å². The Morgan fingerprint density at radius 1 is 1.33 bits per heavy atom. The van der Waals surface area contributed by atoms with Crippen LogP contribution in [0, 0.1) is 5.41 Å². The molecule has 0 aromatic heterocycles. The van der Waals surface area contributed by atoms with E-state index in [0.717, 1.165) is 32.2 Å². The molecule has 0 bridgehead atoms. The molecule has 3 atom stereocenters. The van der Waals surface area contributed by atoms with Gasteiger partial charge < -0.3 is 15.4 Å². The van der Waals surface area contributed by atoms with Crippen LogP contribution in [-0.4, -0.2) is 67.3 Å². The molecule has 0 aromatic rings. The second kappa shape index (κ2) is 6.53. The van der Waals surface area contributed by atoms with E-state index < -0.39 is 0 Å². The summed E-state index contributed by atoms with van der Waals surface area (Å²) in [6.07, 6.45) is 3.98. The van der Waals surface area contributed by atoms with E-state index >= 15 is 0 Å². The number of hydrogen-bond acceptors (Lipinski definition) is 4. The third-order valence-electron chi connectivity index (χ3n) is 5.99. The molecule has 4 nitrogen and oxygen atoms in total. The van der Waals surface area contributed by atoms with Crippen molar-refractivity contribution in [1.29, 1.82) is 0 Å². The SMILES string of the molecule is CCOC1CC(N)(CN(C)CC2CCCN2CC)C1(C)C. The second-order valence-corrected chi connectivity index (χ2v) is 7.65. The van der Waals surface area contributed by atoms with Crippen LogP contribution in [0.15, 0.2) is 0 Å². The first-order valence-electron chi connectivity index (χ1n) is 8.67. The van der Waals surface area contributed by atoms with E-state index in [4.69, 9.17) is 10.5 Å². The van der Waals surface area contributed by atoms with Gasteiger partial charge in [0.25, 0.3) is 0 Å². The predicted octanol–water partition coefficient (Wildman–Crippen LogP) is 1.94. The predicted molar refractivity (Wildman–Crippen MR) is 88.5 cm³/mol. The summed E-state index contributed by atoms with van der Waals surface area (Å²) in [6.45, 7) is 14.2. The number of likely N-dealkylation sites (N-methyl/N-ethyl adjacent to an activating group) is 2. The number of ether oxygens (including phenoxy) is 1. The minimum atomic E-state index is -0.114. The largest absolute Gasteiger partial charge is 0.378 e. The molecule has 0 aromatic carbocycles. The van der Waals surface area contributed by atoms with Crippen molar-refractivity contribution in [2.24, 2.45) is 11.1 Å². The molecule has 1 saturated heterocycles. The Labute approximate surface area is 131 Å². The van der Waals surface area contributed by atoms with Crippen molar-refractivity contribution in [1.82, 2.24) is 9.80 Å². The van der Waals surface area contributed by atoms with Crippen molar-refractivity contribution < 1.29 is 4.74 Å². The average molecular weight is 297 g/mol. The molecule has 2 aliphatic rings. The minimum Gasteiger partial charge on any atom is -0.378 e. The lowest BCUT2D eigenvalue weighted by Gasteiger charge is -2.60. The van der Waals surface area contributed by atoms with Crippen LogP contribution in [0.3, 0.4) is 0 Å². The normalized spacial score (nSPS) is 36.1. The van der Waals surface area contributed by atoms with Gasteiger partial charge in [0.15, 0.2) is 0 Å². The fraction of sp³-hybridized carbons (Fsp3) is 1.00. The first-order chi connectivity index (χ1) is 9.84. The van der Waals surface area contributed by atoms with E-state index in [1.165, 1.54) is 25.9 Å². The maximum atomic E-state index is 6.71. The van der Waals surface area contributed by atoms with Gasteiger partial charge in [0.05, 0.1) is 6.10 Å². The lowest BCUT2D eigenvalue weighted by Crippen LogP contribution is -2.73. The van der Waals surface area contributed by atoms with E-state index in [0.29, 0.717) is 6.10 Å². The molecule has 1 heterocycles. The number of nitrogens with zero attached hydrogens (tertiary/aromatic N) is 2. The van der Waals surface area contributed by atoms with Gasteiger partial charge in [0.2, 0.25) is 0 Å². The summed E-state index contributed by atoms with van der Waals surface area (Å²) in [6, 6.07) is 0.717. The number of nitrogens with two attached hydrogens (primary N) is 1. The van der Waals surface area contributed by atoms with Gasteiger partial charge in [-0.25, -0.2) is 0 Å². The smallest absolute Gasteiger partial charge is 0.0662 e. The number of likely N-dealkylation sites (tertiary alicyclic amines) is 1. The van der Waals surface area contributed by atoms with Gasteiger partial charge in [0.1, 0.15) is 0 Å². The summed E-state index contributed by atoms with van der Waals surface area (Å²) < 4.78 is 5.83. The summed E-state index contributed by atoms with van der Waals surface area (Å²) >= 11 is 0. The molecule has 0 amide bonds. The Hall–Kier alpha value is -0.160. The number of rotatable bonds is 7. The monoisotopic (exact) mass is 297 g/mol. The molecular weight excluding hydrogens is 262 g/mol. The minimum absolute atomic E-state index is 0.0669. The van der Waals surface area contributed by atoms with Gasteiger partial charge in [-0.15, -0.1) is 0 Å². The molecule has 1 aliphatic heterocycles. The van der Waals surface area contributed by atoms with Crippen LogP contribution < -0.4 is 5.73 Å². The van der Waals surface area contributed by atoms with Crippen molar-refractivity contribution in [3.63, 3.8) is 0 Å². The fourth-order valence-corrected chi connectivity index (χ4v) is 4.20. The molecule has 2 N–H and O–H groups in total. The highest BCUT2D eigenvalue weighted by Crippen LogP contribution is 2.50. The standard InChI is InChI=1S/C17H35N3O/c1-6-20-10-8-9-14(20)12-19(5)13-17(18)11-15(21-7-2)16(17,3)4/h14-15H,6-13,18H2,1-5H3. The van der Waals surface area contributed by atoms with Crippen LogP contribution in [0.25, 0.3) is 0 Å². The van der Waals surface area contributed by atoms with Crippen molar-refractivity contribution >= 4 is 0 Å². The van der Waals surface area contributed by atoms with Crippen LogP contribution >= 0.6 is 0 Å². The highest BCUT2D eigenvalue weighted by molar-refractivity contribution is 5.14. The van der Waals surface area contributed by atoms with Gasteiger partial charge in [-0.3, -0.25) is 4.90 Å². The van der Waals surface area contributed by atoms with E-state index in [9.17, 15) is 0 Å². The van der Waals surface area contributed by atoms with E-state index in [-0.39, 0.29) is 11.0 Å². The Bertz CT molecular complexity index is 347. The highest BCUT2D eigenvalue weighted by Gasteiger charge is 2.58. The Morgan fingerprint density at radius 2 is 2.05 bits per heavy atom. The van der Waals surface area contributed by atoms with E-state index in [2.05, 4.69) is 44.5 Å². The van der Waals surface area contributed by atoms with Crippen molar-refractivity contribution in [3.05, 3.63) is 0 Å².